The Hall–Kier alpha value is -2.43. The van der Waals surface area contributed by atoms with Crippen LogP contribution in [0.4, 0.5) is 8.78 Å². The first-order chi connectivity index (χ1) is 9.09. The summed E-state index contributed by atoms with van der Waals surface area (Å²) < 4.78 is 26.7. The zero-order valence-corrected chi connectivity index (χ0v) is 9.86. The highest BCUT2D eigenvalue weighted by Crippen LogP contribution is 2.19. The van der Waals surface area contributed by atoms with Crippen LogP contribution in [0, 0.1) is 11.6 Å². The van der Waals surface area contributed by atoms with E-state index in [2.05, 4.69) is 5.32 Å². The van der Waals surface area contributed by atoms with Crippen molar-refractivity contribution in [2.24, 2.45) is 0 Å². The van der Waals surface area contributed by atoms with Gasteiger partial charge in [-0.3, -0.25) is 4.79 Å². The molecule has 0 aliphatic heterocycles. The summed E-state index contributed by atoms with van der Waals surface area (Å²) in [5, 5.41) is 11.8. The minimum absolute atomic E-state index is 0.0840. The smallest absolute Gasteiger partial charge is 0.258 e. The van der Waals surface area contributed by atoms with Gasteiger partial charge in [-0.25, -0.2) is 8.78 Å². The Labute approximate surface area is 108 Å². The first kappa shape index (κ1) is 13.0. The molecule has 0 bridgehead atoms. The summed E-state index contributed by atoms with van der Waals surface area (Å²) in [6.45, 7) is -0.0840. The van der Waals surface area contributed by atoms with Crippen molar-refractivity contribution < 1.29 is 18.7 Å². The van der Waals surface area contributed by atoms with Crippen LogP contribution in [-0.4, -0.2) is 11.0 Å². The number of halogens is 2. The number of aromatic hydroxyl groups is 1. The van der Waals surface area contributed by atoms with Crippen molar-refractivity contribution in [3.8, 4) is 5.75 Å². The Kier molecular flexibility index (Phi) is 3.75. The molecule has 98 valence electrons. The molecule has 0 aliphatic rings. The van der Waals surface area contributed by atoms with Crippen molar-refractivity contribution in [3.05, 3.63) is 65.2 Å². The minimum atomic E-state index is -0.828. The van der Waals surface area contributed by atoms with Gasteiger partial charge in [0.15, 0.2) is 0 Å². The summed E-state index contributed by atoms with van der Waals surface area (Å²) in [6, 6.07) is 9.50. The molecule has 2 aromatic carbocycles. The minimum Gasteiger partial charge on any atom is -0.507 e. The molecule has 0 spiro atoms. The maximum absolute atomic E-state index is 13.4. The van der Waals surface area contributed by atoms with Gasteiger partial charge in [0.2, 0.25) is 0 Å². The molecule has 0 radical (unpaired) electrons. The lowest BCUT2D eigenvalue weighted by molar-refractivity contribution is 0.0943. The zero-order valence-electron chi connectivity index (χ0n) is 9.86. The van der Waals surface area contributed by atoms with Crippen molar-refractivity contribution >= 4 is 5.91 Å². The van der Waals surface area contributed by atoms with Gasteiger partial charge in [-0.1, -0.05) is 24.3 Å². The Morgan fingerprint density at radius 3 is 2.42 bits per heavy atom. The van der Waals surface area contributed by atoms with Crippen LogP contribution in [0.2, 0.25) is 0 Å². The summed E-state index contributed by atoms with van der Waals surface area (Å²) >= 11 is 0. The van der Waals surface area contributed by atoms with E-state index in [4.69, 9.17) is 0 Å². The molecule has 2 aromatic rings. The quantitative estimate of drug-likeness (QED) is 0.894. The third-order valence-corrected chi connectivity index (χ3v) is 2.62. The lowest BCUT2D eigenvalue weighted by atomic mass is 10.1. The van der Waals surface area contributed by atoms with Crippen LogP contribution in [0.3, 0.4) is 0 Å². The second-order valence-corrected chi connectivity index (χ2v) is 3.91. The molecule has 0 saturated carbocycles. The fourth-order valence-corrected chi connectivity index (χ4v) is 1.64. The molecule has 0 aliphatic carbocycles. The molecule has 3 nitrogen and oxygen atoms in total. The van der Waals surface area contributed by atoms with Gasteiger partial charge in [-0.05, 0) is 18.2 Å². The molecule has 0 heterocycles. The van der Waals surface area contributed by atoms with E-state index in [0.29, 0.717) is 0 Å². The second kappa shape index (κ2) is 5.48. The van der Waals surface area contributed by atoms with E-state index in [9.17, 15) is 18.7 Å². The largest absolute Gasteiger partial charge is 0.507 e. The van der Waals surface area contributed by atoms with Crippen molar-refractivity contribution in [1.82, 2.24) is 5.32 Å². The fraction of sp³-hybridized carbons (Fsp3) is 0.0714. The number of phenolic OH excluding ortho intramolecular Hbond substituents is 1. The van der Waals surface area contributed by atoms with Crippen LogP contribution in [0.25, 0.3) is 0 Å². The van der Waals surface area contributed by atoms with E-state index < -0.39 is 28.9 Å². The molecule has 5 heteroatoms. The molecule has 1 amide bonds. The average Bonchev–Trinajstić information content (AvgIpc) is 2.37. The molecule has 19 heavy (non-hydrogen) atoms. The molecule has 2 N–H and O–H groups in total. The lowest BCUT2D eigenvalue weighted by Gasteiger charge is -2.08. The second-order valence-electron chi connectivity index (χ2n) is 3.91. The van der Waals surface area contributed by atoms with E-state index in [1.54, 1.807) is 6.07 Å². The van der Waals surface area contributed by atoms with Crippen LogP contribution < -0.4 is 5.32 Å². The summed E-state index contributed by atoms with van der Waals surface area (Å²) in [4.78, 5) is 11.7. The highest BCUT2D eigenvalue weighted by Gasteiger charge is 2.16. The van der Waals surface area contributed by atoms with Crippen LogP contribution in [0.15, 0.2) is 42.5 Å². The van der Waals surface area contributed by atoms with Crippen LogP contribution in [-0.2, 0) is 6.54 Å². The number of hydrogen-bond acceptors (Lipinski definition) is 2. The van der Waals surface area contributed by atoms with E-state index in [1.807, 2.05) is 0 Å². The molecule has 0 saturated heterocycles. The first-order valence-corrected chi connectivity index (χ1v) is 5.58. The monoisotopic (exact) mass is 263 g/mol. The van der Waals surface area contributed by atoms with Gasteiger partial charge in [0.05, 0.1) is 0 Å². The number of carbonyl (C=O) groups excluding carboxylic acids is 1. The molecular weight excluding hydrogens is 252 g/mol. The van der Waals surface area contributed by atoms with Gasteiger partial charge in [-0.15, -0.1) is 0 Å². The lowest BCUT2D eigenvalue weighted by Crippen LogP contribution is -2.24. The van der Waals surface area contributed by atoms with Gasteiger partial charge >= 0.3 is 0 Å². The topological polar surface area (TPSA) is 49.3 Å². The number of phenols is 1. The predicted octanol–water partition coefficient (Wildman–Crippen LogP) is 2.60. The Bertz CT molecular complexity index is 594. The summed E-state index contributed by atoms with van der Waals surface area (Å²) in [7, 11) is 0. The highest BCUT2D eigenvalue weighted by molar-refractivity contribution is 5.97. The number of amides is 1. The summed E-state index contributed by atoms with van der Waals surface area (Å²) in [6.07, 6.45) is 0. The third kappa shape index (κ3) is 2.88. The van der Waals surface area contributed by atoms with E-state index in [-0.39, 0.29) is 12.1 Å². The van der Waals surface area contributed by atoms with E-state index in [1.165, 1.54) is 30.3 Å². The number of benzene rings is 2. The normalized spacial score (nSPS) is 10.2. The standard InChI is InChI=1S/C14H11F2NO2/c15-10-5-2-1-4-9(10)8-17-14(19)13-11(16)6-3-7-12(13)18/h1-7,18H,8H2,(H,17,19). The average molecular weight is 263 g/mol. The molecular formula is C14H11F2NO2. The Morgan fingerprint density at radius 1 is 1.05 bits per heavy atom. The number of hydrogen-bond donors (Lipinski definition) is 2. The molecule has 0 aromatic heterocycles. The maximum Gasteiger partial charge on any atom is 0.258 e. The summed E-state index contributed by atoms with van der Waals surface area (Å²) in [5.41, 5.74) is -0.162. The number of nitrogens with one attached hydrogen (secondary N) is 1. The number of rotatable bonds is 3. The van der Waals surface area contributed by atoms with Crippen LogP contribution in [0.5, 0.6) is 5.75 Å². The van der Waals surface area contributed by atoms with Gasteiger partial charge in [0, 0.05) is 12.1 Å². The highest BCUT2D eigenvalue weighted by atomic mass is 19.1. The predicted molar refractivity (Wildman–Crippen MR) is 65.6 cm³/mol. The number of carbonyl (C=O) groups is 1. The molecule has 0 unspecified atom stereocenters. The van der Waals surface area contributed by atoms with Gasteiger partial charge < -0.3 is 10.4 Å². The van der Waals surface area contributed by atoms with Gasteiger partial charge in [-0.2, -0.15) is 0 Å². The fourth-order valence-electron chi connectivity index (χ4n) is 1.64. The Balaban J connectivity index is 2.13. The SMILES string of the molecule is O=C(NCc1ccccc1F)c1c(O)cccc1F. The van der Waals surface area contributed by atoms with Crippen molar-refractivity contribution in [1.29, 1.82) is 0 Å². The van der Waals surface area contributed by atoms with Crippen molar-refractivity contribution in [3.63, 3.8) is 0 Å². The van der Waals surface area contributed by atoms with Gasteiger partial charge in [0.25, 0.3) is 5.91 Å². The van der Waals surface area contributed by atoms with Crippen LogP contribution in [0.1, 0.15) is 15.9 Å². The van der Waals surface area contributed by atoms with Crippen LogP contribution >= 0.6 is 0 Å². The molecule has 2 rings (SSSR count). The van der Waals surface area contributed by atoms with Crippen molar-refractivity contribution in [2.75, 3.05) is 0 Å². The van der Waals surface area contributed by atoms with E-state index >= 15 is 0 Å². The third-order valence-electron chi connectivity index (χ3n) is 2.62. The van der Waals surface area contributed by atoms with Gasteiger partial charge in [0.1, 0.15) is 22.9 Å². The van der Waals surface area contributed by atoms with E-state index in [0.717, 1.165) is 6.07 Å². The molecule has 0 fully saturated rings. The summed E-state index contributed by atoms with van der Waals surface area (Å²) in [5.74, 6) is -2.53. The van der Waals surface area contributed by atoms with Crippen molar-refractivity contribution in [2.45, 2.75) is 6.54 Å². The Morgan fingerprint density at radius 2 is 1.74 bits per heavy atom. The molecule has 0 atom stereocenters. The zero-order chi connectivity index (χ0) is 13.8. The first-order valence-electron chi connectivity index (χ1n) is 5.58. The maximum atomic E-state index is 13.4.